The number of aromatic nitrogens is 2. The number of benzene rings is 1. The molecule has 1 aliphatic rings. The molecule has 6 N–H and O–H groups in total. The number of halogens is 1. The number of hydrogen-bond donors (Lipinski definition) is 6. The number of imidazole rings is 1. The Labute approximate surface area is 182 Å². The molecule has 3 rings (SSSR count). The number of thioether (sulfide) groups is 1. The van der Waals surface area contributed by atoms with Crippen LogP contribution in [0, 0.1) is 6.92 Å². The minimum Gasteiger partial charge on any atom is -0.479 e. The summed E-state index contributed by atoms with van der Waals surface area (Å²) < 4.78 is 0. The van der Waals surface area contributed by atoms with Gasteiger partial charge < -0.3 is 30.7 Å². The Balaban J connectivity index is 0.000000274. The predicted octanol–water partition coefficient (Wildman–Crippen LogP) is 1.23. The first-order chi connectivity index (χ1) is 14.2. The summed E-state index contributed by atoms with van der Waals surface area (Å²) in [5, 5.41) is 37.8. The summed E-state index contributed by atoms with van der Waals surface area (Å²) in [5.41, 5.74) is 5.23. The summed E-state index contributed by atoms with van der Waals surface area (Å²) in [7, 11) is 0. The van der Waals surface area contributed by atoms with E-state index in [2.05, 4.69) is 21.4 Å². The van der Waals surface area contributed by atoms with Crippen molar-refractivity contribution in [1.82, 2.24) is 15.3 Å². The number of carboxylic acid groups (broad SMARTS) is 2. The minimum absolute atomic E-state index is 0.870. The fourth-order valence-corrected chi connectivity index (χ4v) is 4.14. The lowest BCUT2D eigenvalue weighted by Crippen LogP contribution is -2.39. The molecule has 0 saturated heterocycles. The molecule has 1 aromatic heterocycles. The first-order valence-corrected chi connectivity index (χ1v) is 10.5. The number of nitrogens with zero attached hydrogens (tertiary/aromatic N) is 1. The van der Waals surface area contributed by atoms with Gasteiger partial charge in [0, 0.05) is 22.7 Å². The van der Waals surface area contributed by atoms with Crippen LogP contribution in [0.25, 0.3) is 0 Å². The Morgan fingerprint density at radius 2 is 1.80 bits per heavy atom. The van der Waals surface area contributed by atoms with E-state index in [0.717, 1.165) is 47.6 Å². The molecule has 30 heavy (non-hydrogen) atoms. The Hall–Kier alpha value is -2.11. The van der Waals surface area contributed by atoms with Crippen LogP contribution in [-0.2, 0) is 28.2 Å². The third-order valence-electron chi connectivity index (χ3n) is 4.43. The number of aromatic amines is 1. The van der Waals surface area contributed by atoms with Gasteiger partial charge in [-0.05, 0) is 55.6 Å². The van der Waals surface area contributed by atoms with Crippen molar-refractivity contribution in [2.45, 2.75) is 42.9 Å². The van der Waals surface area contributed by atoms with Gasteiger partial charge in [-0.15, -0.1) is 0 Å². The minimum atomic E-state index is -2.27. The first-order valence-electron chi connectivity index (χ1n) is 9.16. The van der Waals surface area contributed by atoms with Crippen LogP contribution in [0.2, 0.25) is 5.02 Å². The Morgan fingerprint density at radius 3 is 2.37 bits per heavy atom. The van der Waals surface area contributed by atoms with Crippen molar-refractivity contribution in [3.8, 4) is 0 Å². The molecular formula is C19H24ClN3O6S. The zero-order valence-electron chi connectivity index (χ0n) is 16.3. The number of hydrogen-bond acceptors (Lipinski definition) is 7. The number of H-pyrrole nitrogens is 1. The van der Waals surface area contributed by atoms with Gasteiger partial charge in [-0.1, -0.05) is 29.4 Å². The number of aliphatic carboxylic acids is 2. The van der Waals surface area contributed by atoms with E-state index in [-0.39, 0.29) is 0 Å². The van der Waals surface area contributed by atoms with E-state index in [1.165, 1.54) is 16.7 Å². The summed E-state index contributed by atoms with van der Waals surface area (Å²) in [5.74, 6) is -2.67. The lowest BCUT2D eigenvalue weighted by atomic mass is 9.98. The van der Waals surface area contributed by atoms with E-state index in [9.17, 15) is 9.59 Å². The number of aliphatic hydroxyl groups excluding tert-OH is 2. The van der Waals surface area contributed by atoms with E-state index in [1.54, 1.807) is 11.8 Å². The molecule has 0 aliphatic carbocycles. The molecule has 1 aliphatic heterocycles. The highest BCUT2D eigenvalue weighted by Crippen LogP contribution is 2.31. The van der Waals surface area contributed by atoms with Crippen molar-refractivity contribution in [3.05, 3.63) is 45.7 Å². The van der Waals surface area contributed by atoms with Crippen LogP contribution < -0.4 is 5.32 Å². The number of aryl methyl sites for hydroxylation is 1. The largest absolute Gasteiger partial charge is 0.479 e. The maximum atomic E-state index is 9.77. The van der Waals surface area contributed by atoms with E-state index >= 15 is 0 Å². The molecule has 11 heteroatoms. The van der Waals surface area contributed by atoms with Gasteiger partial charge in [0.15, 0.2) is 17.4 Å². The maximum Gasteiger partial charge on any atom is 0.335 e. The highest BCUT2D eigenvalue weighted by molar-refractivity contribution is 7.98. The number of aliphatic hydroxyl groups is 2. The normalized spacial score (nSPS) is 15.2. The lowest BCUT2D eigenvalue weighted by Gasteiger charge is -2.13. The fraction of sp³-hybridized carbons (Fsp3) is 0.421. The quantitative estimate of drug-likeness (QED) is 0.351. The van der Waals surface area contributed by atoms with Crippen molar-refractivity contribution < 1.29 is 30.0 Å². The number of fused-ring (bicyclic) bond motifs is 1. The number of rotatable bonds is 6. The predicted molar refractivity (Wildman–Crippen MR) is 112 cm³/mol. The van der Waals surface area contributed by atoms with Gasteiger partial charge in [0.1, 0.15) is 0 Å². The van der Waals surface area contributed by atoms with Crippen molar-refractivity contribution in [1.29, 1.82) is 0 Å². The zero-order chi connectivity index (χ0) is 22.3. The SMILES string of the molecule is Cc1cnc(SCc2c(Cl)ccc3c2CCNCC3)[nH]1.O=C(O)[C@H](O)[C@@H](O)C(=O)O. The highest BCUT2D eigenvalue weighted by Gasteiger charge is 2.29. The zero-order valence-corrected chi connectivity index (χ0v) is 17.8. The van der Waals surface area contributed by atoms with Gasteiger partial charge in [0.2, 0.25) is 0 Å². The van der Waals surface area contributed by atoms with E-state index < -0.39 is 24.1 Å². The van der Waals surface area contributed by atoms with E-state index in [1.807, 2.05) is 19.2 Å². The molecule has 0 fully saturated rings. The summed E-state index contributed by atoms with van der Waals surface area (Å²) in [6.07, 6.45) is -0.526. The van der Waals surface area contributed by atoms with Crippen LogP contribution in [-0.4, -0.2) is 67.6 Å². The highest BCUT2D eigenvalue weighted by atomic mass is 35.5. The van der Waals surface area contributed by atoms with Gasteiger partial charge in [0.25, 0.3) is 0 Å². The molecule has 0 unspecified atom stereocenters. The summed E-state index contributed by atoms with van der Waals surface area (Å²) in [6, 6.07) is 4.21. The van der Waals surface area contributed by atoms with Crippen LogP contribution in [0.5, 0.6) is 0 Å². The third-order valence-corrected chi connectivity index (χ3v) is 5.70. The Morgan fingerprint density at radius 1 is 1.17 bits per heavy atom. The molecule has 0 bridgehead atoms. The van der Waals surface area contributed by atoms with Crippen LogP contribution in [0.3, 0.4) is 0 Å². The van der Waals surface area contributed by atoms with Gasteiger partial charge in [-0.2, -0.15) is 0 Å². The average molecular weight is 458 g/mol. The molecule has 0 radical (unpaired) electrons. The Bertz CT molecular complexity index is 873. The average Bonchev–Trinajstić information content (AvgIpc) is 2.97. The molecule has 0 saturated carbocycles. The van der Waals surface area contributed by atoms with Crippen molar-refractivity contribution >= 4 is 35.3 Å². The lowest BCUT2D eigenvalue weighted by molar-refractivity contribution is -0.165. The van der Waals surface area contributed by atoms with Gasteiger partial charge in [-0.3, -0.25) is 0 Å². The van der Waals surface area contributed by atoms with Crippen LogP contribution >= 0.6 is 23.4 Å². The number of nitrogens with one attached hydrogen (secondary N) is 2. The van der Waals surface area contributed by atoms with Crippen molar-refractivity contribution in [2.75, 3.05) is 13.1 Å². The molecule has 2 atom stereocenters. The number of carbonyl (C=O) groups is 2. The molecule has 0 spiro atoms. The second kappa shape index (κ2) is 11.3. The maximum absolute atomic E-state index is 9.77. The molecule has 0 amide bonds. The first kappa shape index (κ1) is 24.2. The monoisotopic (exact) mass is 457 g/mol. The van der Waals surface area contributed by atoms with Crippen molar-refractivity contribution in [3.63, 3.8) is 0 Å². The summed E-state index contributed by atoms with van der Waals surface area (Å²) >= 11 is 8.14. The van der Waals surface area contributed by atoms with E-state index in [4.69, 9.17) is 32.0 Å². The van der Waals surface area contributed by atoms with Gasteiger partial charge in [0.05, 0.1) is 0 Å². The molecular weight excluding hydrogens is 434 g/mol. The van der Waals surface area contributed by atoms with E-state index in [0.29, 0.717) is 0 Å². The summed E-state index contributed by atoms with van der Waals surface area (Å²) in [4.78, 5) is 27.1. The topological polar surface area (TPSA) is 156 Å². The molecule has 164 valence electrons. The standard InChI is InChI=1S/C15H18ClN3S.C4H6O6/c1-10-8-18-15(19-10)20-9-13-12-5-7-17-6-4-11(12)2-3-14(13)16;5-1(3(7)8)2(6)4(9)10/h2-3,8,17H,4-7,9H2,1H3,(H,18,19);1-2,5-6H,(H,7,8)(H,9,10)/t;1-,2-/m.1/s1. The van der Waals surface area contributed by atoms with Crippen molar-refractivity contribution in [2.24, 2.45) is 0 Å². The van der Waals surface area contributed by atoms with Gasteiger partial charge >= 0.3 is 11.9 Å². The summed E-state index contributed by atoms with van der Waals surface area (Å²) in [6.45, 7) is 4.10. The Kier molecular flexibility index (Phi) is 9.12. The third kappa shape index (κ3) is 6.71. The van der Waals surface area contributed by atoms with Gasteiger partial charge in [-0.25, -0.2) is 14.6 Å². The van der Waals surface area contributed by atoms with Crippen LogP contribution in [0.15, 0.2) is 23.5 Å². The molecule has 2 aromatic rings. The van der Waals surface area contributed by atoms with Crippen LogP contribution in [0.1, 0.15) is 22.4 Å². The fourth-order valence-electron chi connectivity index (χ4n) is 2.85. The second-order valence-corrected chi connectivity index (χ2v) is 8.01. The smallest absolute Gasteiger partial charge is 0.335 e. The second-order valence-electron chi connectivity index (χ2n) is 6.64. The molecule has 1 aromatic carbocycles. The molecule has 2 heterocycles. The molecule has 9 nitrogen and oxygen atoms in total. The number of carboxylic acids is 2. The van der Waals surface area contributed by atoms with Crippen LogP contribution in [0.4, 0.5) is 0 Å².